The number of pyridine rings is 1. The Morgan fingerprint density at radius 2 is 2.50 bits per heavy atom. The molecule has 0 aliphatic carbocycles. The van der Waals surface area contributed by atoms with Gasteiger partial charge in [0, 0.05) is 18.3 Å². The molecule has 2 heterocycles. The SMILES string of the molecule is CCC1COCCN1c1nccc(C(=N)N)c1Cl. The lowest BCUT2D eigenvalue weighted by atomic mass is 10.1. The standard InChI is InChI=1S/C12H17ClN4O/c1-2-8-7-18-6-5-17(8)12-10(13)9(11(14)15)3-4-16-12/h3-4,8H,2,5-7H2,1H3,(H3,14,15). The van der Waals surface area contributed by atoms with Gasteiger partial charge in [-0.15, -0.1) is 0 Å². The monoisotopic (exact) mass is 268 g/mol. The van der Waals surface area contributed by atoms with Crippen LogP contribution in [0.25, 0.3) is 0 Å². The highest BCUT2D eigenvalue weighted by Crippen LogP contribution is 2.29. The third-order valence-corrected chi connectivity index (χ3v) is 3.50. The molecule has 1 aromatic heterocycles. The number of nitrogens with two attached hydrogens (primary N) is 1. The number of halogens is 1. The molecule has 18 heavy (non-hydrogen) atoms. The molecule has 0 bridgehead atoms. The molecule has 98 valence electrons. The number of ether oxygens (including phenoxy) is 1. The van der Waals surface area contributed by atoms with Gasteiger partial charge in [0.1, 0.15) is 11.7 Å². The van der Waals surface area contributed by atoms with Crippen molar-refractivity contribution >= 4 is 23.3 Å². The second-order valence-corrected chi connectivity index (χ2v) is 4.62. The predicted octanol–water partition coefficient (Wildman–Crippen LogP) is 1.63. The van der Waals surface area contributed by atoms with Crippen LogP contribution in [-0.4, -0.2) is 36.6 Å². The zero-order valence-electron chi connectivity index (χ0n) is 10.3. The molecule has 1 fully saturated rings. The van der Waals surface area contributed by atoms with Crippen LogP contribution in [0.1, 0.15) is 18.9 Å². The summed E-state index contributed by atoms with van der Waals surface area (Å²) in [7, 11) is 0. The molecule has 0 radical (unpaired) electrons. The Kier molecular flexibility index (Phi) is 4.04. The van der Waals surface area contributed by atoms with E-state index in [9.17, 15) is 0 Å². The van der Waals surface area contributed by atoms with Gasteiger partial charge >= 0.3 is 0 Å². The van der Waals surface area contributed by atoms with Crippen LogP contribution in [0.15, 0.2) is 12.3 Å². The first kappa shape index (κ1) is 13.1. The molecule has 1 aromatic rings. The number of anilines is 1. The summed E-state index contributed by atoms with van der Waals surface area (Å²) in [6.07, 6.45) is 2.60. The van der Waals surface area contributed by atoms with Gasteiger partial charge in [0.05, 0.1) is 24.3 Å². The molecule has 0 spiro atoms. The lowest BCUT2D eigenvalue weighted by Crippen LogP contribution is -2.45. The second-order valence-electron chi connectivity index (χ2n) is 4.24. The number of nitrogen functional groups attached to an aromatic ring is 1. The largest absolute Gasteiger partial charge is 0.384 e. The van der Waals surface area contributed by atoms with Crippen LogP contribution in [0.2, 0.25) is 5.02 Å². The van der Waals surface area contributed by atoms with Crippen LogP contribution in [0.4, 0.5) is 5.82 Å². The fourth-order valence-corrected chi connectivity index (χ4v) is 2.43. The third-order valence-electron chi connectivity index (χ3n) is 3.13. The van der Waals surface area contributed by atoms with Gasteiger partial charge in [-0.05, 0) is 12.5 Å². The van der Waals surface area contributed by atoms with Gasteiger partial charge in [-0.3, -0.25) is 5.41 Å². The van der Waals surface area contributed by atoms with Gasteiger partial charge in [-0.2, -0.15) is 0 Å². The first-order chi connectivity index (χ1) is 8.65. The third kappa shape index (κ3) is 2.42. The summed E-state index contributed by atoms with van der Waals surface area (Å²) in [6, 6.07) is 1.93. The van der Waals surface area contributed by atoms with Crippen molar-refractivity contribution < 1.29 is 4.74 Å². The van der Waals surface area contributed by atoms with Crippen LogP contribution in [0, 0.1) is 5.41 Å². The van der Waals surface area contributed by atoms with E-state index >= 15 is 0 Å². The van der Waals surface area contributed by atoms with Crippen molar-refractivity contribution in [2.24, 2.45) is 5.73 Å². The summed E-state index contributed by atoms with van der Waals surface area (Å²) in [6.45, 7) is 4.21. The molecule has 1 aliphatic heterocycles. The molecule has 6 heteroatoms. The summed E-state index contributed by atoms with van der Waals surface area (Å²) in [4.78, 5) is 6.47. The highest BCUT2D eigenvalue weighted by molar-refractivity contribution is 6.36. The molecular formula is C12H17ClN4O. The van der Waals surface area contributed by atoms with Gasteiger partial charge in [0.15, 0.2) is 0 Å². The van der Waals surface area contributed by atoms with Crippen molar-refractivity contribution in [3.8, 4) is 0 Å². The number of rotatable bonds is 3. The molecule has 1 unspecified atom stereocenters. The van der Waals surface area contributed by atoms with E-state index in [0.717, 1.165) is 13.0 Å². The number of hydrogen-bond donors (Lipinski definition) is 2. The Hall–Kier alpha value is -1.33. The van der Waals surface area contributed by atoms with Gasteiger partial charge in [0.25, 0.3) is 0 Å². The maximum atomic E-state index is 7.50. The number of nitrogens with zero attached hydrogens (tertiary/aromatic N) is 2. The van der Waals surface area contributed by atoms with E-state index in [1.165, 1.54) is 0 Å². The minimum absolute atomic E-state index is 0.0371. The van der Waals surface area contributed by atoms with Crippen molar-refractivity contribution in [3.63, 3.8) is 0 Å². The first-order valence-corrected chi connectivity index (χ1v) is 6.36. The van der Waals surface area contributed by atoms with E-state index in [0.29, 0.717) is 29.6 Å². The van der Waals surface area contributed by atoms with Gasteiger partial charge in [0.2, 0.25) is 0 Å². The molecule has 2 rings (SSSR count). The minimum Gasteiger partial charge on any atom is -0.384 e. The van der Waals surface area contributed by atoms with Crippen LogP contribution < -0.4 is 10.6 Å². The van der Waals surface area contributed by atoms with Gasteiger partial charge in [-0.25, -0.2) is 4.98 Å². The maximum absolute atomic E-state index is 7.50. The highest BCUT2D eigenvalue weighted by atomic mass is 35.5. The Labute approximate surface area is 111 Å². The molecule has 1 saturated heterocycles. The quantitative estimate of drug-likeness (QED) is 0.645. The molecule has 3 N–H and O–H groups in total. The zero-order chi connectivity index (χ0) is 13.1. The van der Waals surface area contributed by atoms with Crippen molar-refractivity contribution in [2.75, 3.05) is 24.7 Å². The van der Waals surface area contributed by atoms with Crippen LogP contribution in [-0.2, 0) is 4.74 Å². The van der Waals surface area contributed by atoms with E-state index in [4.69, 9.17) is 27.5 Å². The normalized spacial score (nSPS) is 19.9. The summed E-state index contributed by atoms with van der Waals surface area (Å²) in [5.41, 5.74) is 6.04. The van der Waals surface area contributed by atoms with Crippen molar-refractivity contribution in [3.05, 3.63) is 22.8 Å². The summed E-state index contributed by atoms with van der Waals surface area (Å²) >= 11 is 6.29. The van der Waals surface area contributed by atoms with E-state index in [-0.39, 0.29) is 11.9 Å². The number of morpholine rings is 1. The lowest BCUT2D eigenvalue weighted by molar-refractivity contribution is 0.0926. The summed E-state index contributed by atoms with van der Waals surface area (Å²) in [5, 5.41) is 7.95. The number of hydrogen-bond acceptors (Lipinski definition) is 4. The highest BCUT2D eigenvalue weighted by Gasteiger charge is 2.25. The number of amidine groups is 1. The van der Waals surface area contributed by atoms with Crippen molar-refractivity contribution in [2.45, 2.75) is 19.4 Å². The second kappa shape index (κ2) is 5.54. The molecule has 1 aliphatic rings. The van der Waals surface area contributed by atoms with Crippen molar-refractivity contribution in [1.82, 2.24) is 4.98 Å². The van der Waals surface area contributed by atoms with Crippen molar-refractivity contribution in [1.29, 1.82) is 5.41 Å². The van der Waals surface area contributed by atoms with Crippen LogP contribution in [0.5, 0.6) is 0 Å². The Balaban J connectivity index is 2.37. The summed E-state index contributed by atoms with van der Waals surface area (Å²) in [5.74, 6) is 0.657. The topological polar surface area (TPSA) is 75.2 Å². The van der Waals surface area contributed by atoms with E-state index in [2.05, 4.69) is 16.8 Å². The summed E-state index contributed by atoms with van der Waals surface area (Å²) < 4.78 is 5.46. The molecule has 0 aromatic carbocycles. The average Bonchev–Trinajstić information content (AvgIpc) is 2.38. The number of aromatic nitrogens is 1. The molecule has 0 amide bonds. The van der Waals surface area contributed by atoms with E-state index in [1.54, 1.807) is 12.3 Å². The molecule has 5 nitrogen and oxygen atoms in total. The first-order valence-electron chi connectivity index (χ1n) is 5.98. The minimum atomic E-state index is -0.0371. The van der Waals surface area contributed by atoms with Gasteiger partial charge < -0.3 is 15.4 Å². The smallest absolute Gasteiger partial charge is 0.148 e. The maximum Gasteiger partial charge on any atom is 0.148 e. The molecule has 0 saturated carbocycles. The Morgan fingerprint density at radius 1 is 1.72 bits per heavy atom. The fraction of sp³-hybridized carbons (Fsp3) is 0.500. The molecule has 1 atom stereocenters. The van der Waals surface area contributed by atoms with Crippen LogP contribution in [0.3, 0.4) is 0 Å². The van der Waals surface area contributed by atoms with E-state index < -0.39 is 0 Å². The zero-order valence-corrected chi connectivity index (χ0v) is 11.1. The van der Waals surface area contributed by atoms with E-state index in [1.807, 2.05) is 0 Å². The average molecular weight is 269 g/mol. The Bertz CT molecular complexity index is 452. The lowest BCUT2D eigenvalue weighted by Gasteiger charge is -2.36. The number of nitrogens with one attached hydrogen (secondary N) is 1. The van der Waals surface area contributed by atoms with Gasteiger partial charge in [-0.1, -0.05) is 18.5 Å². The predicted molar refractivity (Wildman–Crippen MR) is 72.5 cm³/mol. The fourth-order valence-electron chi connectivity index (χ4n) is 2.11. The molecular weight excluding hydrogens is 252 g/mol. The Morgan fingerprint density at radius 3 is 3.17 bits per heavy atom. The van der Waals surface area contributed by atoms with Crippen LogP contribution >= 0.6 is 11.6 Å².